The van der Waals surface area contributed by atoms with E-state index in [0.717, 1.165) is 76.3 Å². The summed E-state index contributed by atoms with van der Waals surface area (Å²) in [4.78, 5) is 23.9. The second-order valence-corrected chi connectivity index (χ2v) is 11.8. The van der Waals surface area contributed by atoms with E-state index >= 15 is 0 Å². The highest BCUT2D eigenvalue weighted by molar-refractivity contribution is 5.85. The minimum atomic E-state index is -0.881. The molecule has 0 unspecified atom stereocenters. The summed E-state index contributed by atoms with van der Waals surface area (Å²) in [5, 5.41) is 20.6. The van der Waals surface area contributed by atoms with Gasteiger partial charge in [0, 0.05) is 22.2 Å². The van der Waals surface area contributed by atoms with Crippen LogP contribution in [0, 0.1) is 6.92 Å². The number of hydrogen-bond donors (Lipinski definition) is 2. The lowest BCUT2D eigenvalue weighted by Gasteiger charge is -2.54. The molecule has 0 bridgehead atoms. The molecule has 0 atom stereocenters. The maximum absolute atomic E-state index is 12.4. The molecule has 7 heteroatoms. The molecule has 2 N–H and O–H groups in total. The van der Waals surface area contributed by atoms with Gasteiger partial charge in [0.25, 0.3) is 0 Å². The van der Waals surface area contributed by atoms with E-state index in [4.69, 9.17) is 4.98 Å². The first kappa shape index (κ1) is 25.2. The van der Waals surface area contributed by atoms with Gasteiger partial charge in [-0.2, -0.15) is 4.73 Å². The van der Waals surface area contributed by atoms with Crippen LogP contribution in [0.15, 0.2) is 60.7 Å². The Hall–Kier alpha value is -4.13. The van der Waals surface area contributed by atoms with E-state index in [0.29, 0.717) is 12.2 Å². The van der Waals surface area contributed by atoms with E-state index in [2.05, 4.69) is 47.4 Å². The minimum Gasteiger partial charge on any atom is -0.465 e. The Morgan fingerprint density at radius 1 is 0.923 bits per heavy atom. The molecule has 200 valence electrons. The largest absolute Gasteiger partial charge is 0.465 e. The number of hydrogen-bond acceptors (Lipinski definition) is 4. The van der Waals surface area contributed by atoms with E-state index < -0.39 is 17.2 Å². The molecule has 1 amide bonds. The van der Waals surface area contributed by atoms with Gasteiger partial charge in [-0.05, 0) is 77.0 Å². The molecule has 4 aromatic rings. The highest BCUT2D eigenvalue weighted by Crippen LogP contribution is 2.50. The maximum Gasteiger partial charge on any atom is 0.408 e. The molecule has 0 spiro atoms. The summed E-state index contributed by atoms with van der Waals surface area (Å²) in [5.74, 6) is 0.573. The summed E-state index contributed by atoms with van der Waals surface area (Å²) >= 11 is 0. The first-order chi connectivity index (χ1) is 18.6. The van der Waals surface area contributed by atoms with Crippen molar-refractivity contribution in [3.05, 3.63) is 83.4 Å². The Morgan fingerprint density at radius 2 is 1.62 bits per heavy atom. The van der Waals surface area contributed by atoms with E-state index in [9.17, 15) is 15.1 Å². The molecular formula is C32H34N4O3. The van der Waals surface area contributed by atoms with Crippen LogP contribution in [0.4, 0.5) is 4.79 Å². The number of nitrogens with zero attached hydrogens (tertiary/aromatic N) is 4. The lowest BCUT2D eigenvalue weighted by molar-refractivity contribution is -0.0328. The standard InChI is InChI=1S/C32H34N4O3/c1-20-33-29-25-19-24(21-9-6-5-7-10-21)28(34-26(25)15-16-27(29)35(20)39)22-11-13-23(14-12-22)32(17-8-18-32)36(30(37)38)31(2,3)4/h5-7,9-14,19,39H,8,15-18H2,1-4H3,(H,37,38). The number of fused-ring (bicyclic) bond motifs is 3. The Kier molecular flexibility index (Phi) is 5.79. The van der Waals surface area contributed by atoms with Gasteiger partial charge in [-0.15, -0.1) is 0 Å². The fourth-order valence-electron chi connectivity index (χ4n) is 6.45. The van der Waals surface area contributed by atoms with Gasteiger partial charge in [0.1, 0.15) is 5.82 Å². The monoisotopic (exact) mass is 522 g/mol. The van der Waals surface area contributed by atoms with E-state index in [-0.39, 0.29) is 0 Å². The van der Waals surface area contributed by atoms with Crippen molar-refractivity contribution in [3.63, 3.8) is 0 Å². The number of benzene rings is 2. The van der Waals surface area contributed by atoms with Crippen molar-refractivity contribution in [2.45, 2.75) is 70.9 Å². The van der Waals surface area contributed by atoms with Crippen LogP contribution in [-0.4, -0.2) is 41.5 Å². The van der Waals surface area contributed by atoms with Crippen LogP contribution in [0.25, 0.3) is 33.6 Å². The third kappa shape index (κ3) is 3.99. The smallest absolute Gasteiger partial charge is 0.408 e. The second-order valence-electron chi connectivity index (χ2n) is 11.8. The zero-order chi connectivity index (χ0) is 27.5. The molecule has 2 aliphatic carbocycles. The predicted octanol–water partition coefficient (Wildman–Crippen LogP) is 7.08. The Labute approximate surface area is 228 Å². The predicted molar refractivity (Wildman–Crippen MR) is 151 cm³/mol. The summed E-state index contributed by atoms with van der Waals surface area (Å²) in [6.07, 6.45) is 3.17. The molecule has 0 radical (unpaired) electrons. The second kappa shape index (κ2) is 8.97. The first-order valence-corrected chi connectivity index (χ1v) is 13.6. The lowest BCUT2D eigenvalue weighted by Crippen LogP contribution is -2.60. The fraction of sp³-hybridized carbons (Fsp3) is 0.344. The molecular weight excluding hydrogens is 488 g/mol. The van der Waals surface area contributed by atoms with Crippen LogP contribution in [0.2, 0.25) is 0 Å². The van der Waals surface area contributed by atoms with E-state index in [1.54, 1.807) is 11.8 Å². The highest BCUT2D eigenvalue weighted by atomic mass is 16.5. The molecule has 2 aromatic heterocycles. The van der Waals surface area contributed by atoms with Crippen LogP contribution in [0.5, 0.6) is 0 Å². The molecule has 39 heavy (non-hydrogen) atoms. The number of amides is 1. The summed E-state index contributed by atoms with van der Waals surface area (Å²) < 4.78 is 1.20. The van der Waals surface area contributed by atoms with Crippen molar-refractivity contribution in [1.29, 1.82) is 0 Å². The van der Waals surface area contributed by atoms with Gasteiger partial charge in [0.05, 0.1) is 28.3 Å². The number of aryl methyl sites for hydroxylation is 2. The zero-order valence-corrected chi connectivity index (χ0v) is 22.9. The van der Waals surface area contributed by atoms with Crippen molar-refractivity contribution >= 4 is 6.09 Å². The normalized spacial score (nSPS) is 15.7. The SMILES string of the molecule is Cc1nc2c(n1O)CCc1nc(-c3ccc(C4(N(C(=O)O)C(C)(C)C)CCC4)cc3)c(-c3ccccc3)cc1-2. The Bertz CT molecular complexity index is 1560. The van der Waals surface area contributed by atoms with E-state index in [1.165, 1.54) is 4.73 Å². The Morgan fingerprint density at radius 3 is 2.21 bits per heavy atom. The quantitative estimate of drug-likeness (QED) is 0.279. The van der Waals surface area contributed by atoms with Crippen molar-refractivity contribution < 1.29 is 15.1 Å². The first-order valence-electron chi connectivity index (χ1n) is 13.6. The third-order valence-electron chi connectivity index (χ3n) is 8.32. The highest BCUT2D eigenvalue weighted by Gasteiger charge is 2.50. The van der Waals surface area contributed by atoms with Gasteiger partial charge in [0.2, 0.25) is 0 Å². The summed E-state index contributed by atoms with van der Waals surface area (Å²) in [5.41, 5.74) is 7.50. The lowest BCUT2D eigenvalue weighted by atomic mass is 9.69. The number of carbonyl (C=O) groups is 1. The van der Waals surface area contributed by atoms with E-state index in [1.807, 2.05) is 39.0 Å². The number of aromatic nitrogens is 3. The molecule has 1 fully saturated rings. The van der Waals surface area contributed by atoms with Crippen LogP contribution >= 0.6 is 0 Å². The van der Waals surface area contributed by atoms with Gasteiger partial charge >= 0.3 is 6.09 Å². The van der Waals surface area contributed by atoms with Crippen LogP contribution < -0.4 is 0 Å². The van der Waals surface area contributed by atoms with Crippen molar-refractivity contribution in [2.24, 2.45) is 0 Å². The van der Waals surface area contributed by atoms with Gasteiger partial charge in [-0.1, -0.05) is 54.6 Å². The molecule has 0 aliphatic heterocycles. The van der Waals surface area contributed by atoms with Gasteiger partial charge < -0.3 is 10.3 Å². The summed E-state index contributed by atoms with van der Waals surface area (Å²) in [6.45, 7) is 7.70. The molecule has 2 aliphatic rings. The number of pyridine rings is 1. The summed E-state index contributed by atoms with van der Waals surface area (Å²) in [6, 6.07) is 20.7. The number of imidazole rings is 1. The van der Waals surface area contributed by atoms with Crippen LogP contribution in [-0.2, 0) is 18.4 Å². The van der Waals surface area contributed by atoms with Gasteiger partial charge in [-0.25, -0.2) is 9.78 Å². The number of carboxylic acid groups (broad SMARTS) is 1. The molecule has 2 aromatic carbocycles. The molecule has 1 saturated carbocycles. The third-order valence-corrected chi connectivity index (χ3v) is 8.32. The topological polar surface area (TPSA) is 91.5 Å². The average Bonchev–Trinajstić information content (AvgIpc) is 3.18. The maximum atomic E-state index is 12.4. The van der Waals surface area contributed by atoms with Crippen LogP contribution in [0.3, 0.4) is 0 Å². The average molecular weight is 523 g/mol. The van der Waals surface area contributed by atoms with Gasteiger partial charge in [-0.3, -0.25) is 9.88 Å². The Balaban J connectivity index is 1.47. The molecule has 7 nitrogen and oxygen atoms in total. The summed E-state index contributed by atoms with van der Waals surface area (Å²) in [7, 11) is 0. The molecule has 6 rings (SSSR count). The minimum absolute atomic E-state index is 0.508. The molecule has 0 saturated heterocycles. The van der Waals surface area contributed by atoms with Crippen molar-refractivity contribution in [1.82, 2.24) is 19.6 Å². The number of rotatable bonds is 4. The van der Waals surface area contributed by atoms with Crippen molar-refractivity contribution in [3.8, 4) is 33.6 Å². The van der Waals surface area contributed by atoms with Crippen LogP contribution in [0.1, 0.15) is 62.8 Å². The molecule has 2 heterocycles. The zero-order valence-electron chi connectivity index (χ0n) is 22.9. The van der Waals surface area contributed by atoms with Gasteiger partial charge in [0.15, 0.2) is 0 Å². The van der Waals surface area contributed by atoms with Crippen molar-refractivity contribution in [2.75, 3.05) is 0 Å². The fourth-order valence-corrected chi connectivity index (χ4v) is 6.45.